The Bertz CT molecular complexity index is 652. The number of aromatic nitrogens is 3. The van der Waals surface area contributed by atoms with E-state index in [9.17, 15) is 0 Å². The maximum atomic E-state index is 4.08. The molecule has 2 heterocycles. The highest BCUT2D eigenvalue weighted by molar-refractivity contribution is 5.82. The van der Waals surface area contributed by atoms with Gasteiger partial charge in [0.25, 0.3) is 0 Å². The van der Waals surface area contributed by atoms with E-state index in [1.807, 2.05) is 28.7 Å². The minimum atomic E-state index is 0.779. The third-order valence-electron chi connectivity index (χ3n) is 2.49. The quantitative estimate of drug-likeness (QED) is 0.597. The minimum Gasteiger partial charge on any atom is -0.275 e. The first-order valence-electron chi connectivity index (χ1n) is 4.75. The Hall–Kier alpha value is -2.16. The maximum Gasteiger partial charge on any atom is 0.161 e. The van der Waals surface area contributed by atoms with Crippen molar-refractivity contribution in [3.63, 3.8) is 0 Å². The largest absolute Gasteiger partial charge is 0.275 e. The summed E-state index contributed by atoms with van der Waals surface area (Å²) in [5.74, 6) is 0.779. The van der Waals surface area contributed by atoms with Gasteiger partial charge in [-0.3, -0.25) is 4.40 Å². The van der Waals surface area contributed by atoms with Crippen molar-refractivity contribution in [2.75, 3.05) is 0 Å². The van der Waals surface area contributed by atoms with Crippen LogP contribution in [0.15, 0.2) is 43.0 Å². The van der Waals surface area contributed by atoms with Crippen molar-refractivity contribution < 1.29 is 0 Å². The molecule has 0 unspecified atom stereocenters. The Morgan fingerprint density at radius 3 is 2.80 bits per heavy atom. The van der Waals surface area contributed by atoms with Gasteiger partial charge in [-0.15, -0.1) is 10.2 Å². The summed E-state index contributed by atoms with van der Waals surface area (Å²) in [6.07, 6.45) is 1.71. The van der Waals surface area contributed by atoms with E-state index in [1.54, 1.807) is 6.08 Å². The van der Waals surface area contributed by atoms with Crippen LogP contribution in [0, 0.1) is 0 Å². The first-order valence-corrected chi connectivity index (χ1v) is 4.75. The fourth-order valence-corrected chi connectivity index (χ4v) is 1.79. The van der Waals surface area contributed by atoms with Crippen LogP contribution >= 0.6 is 0 Å². The number of hydrogen-bond donors (Lipinski definition) is 0. The summed E-state index contributed by atoms with van der Waals surface area (Å²) in [5, 5.41) is 9.31. The number of pyridine rings is 1. The standard InChI is InChI=1S/C12H9N3/c1-2-11-13-14-12-8-7-9-5-3-4-6-10(9)15(11)12/h2-8H,1H2. The fraction of sp³-hybridized carbons (Fsp3) is 0. The molecule has 1 aromatic carbocycles. The van der Waals surface area contributed by atoms with Gasteiger partial charge in [0.2, 0.25) is 0 Å². The molecule has 72 valence electrons. The van der Waals surface area contributed by atoms with Crippen LogP contribution < -0.4 is 0 Å². The molecule has 0 saturated heterocycles. The predicted molar refractivity (Wildman–Crippen MR) is 60.6 cm³/mol. The second-order valence-corrected chi connectivity index (χ2v) is 3.35. The molecule has 0 aliphatic rings. The van der Waals surface area contributed by atoms with Gasteiger partial charge in [0.15, 0.2) is 11.5 Å². The third kappa shape index (κ3) is 1.06. The van der Waals surface area contributed by atoms with Gasteiger partial charge in [-0.2, -0.15) is 0 Å². The zero-order valence-corrected chi connectivity index (χ0v) is 8.09. The van der Waals surface area contributed by atoms with Crippen molar-refractivity contribution in [3.8, 4) is 0 Å². The molecule has 3 rings (SSSR count). The van der Waals surface area contributed by atoms with Crippen molar-refractivity contribution in [3.05, 3.63) is 48.8 Å². The molecule has 0 aliphatic carbocycles. The van der Waals surface area contributed by atoms with Gasteiger partial charge in [-0.25, -0.2) is 0 Å². The summed E-state index contributed by atoms with van der Waals surface area (Å²) in [6.45, 7) is 3.74. The fourth-order valence-electron chi connectivity index (χ4n) is 1.79. The summed E-state index contributed by atoms with van der Waals surface area (Å²) >= 11 is 0. The van der Waals surface area contributed by atoms with Gasteiger partial charge >= 0.3 is 0 Å². The molecule has 0 atom stereocenters. The lowest BCUT2D eigenvalue weighted by Crippen LogP contribution is -1.90. The Balaban J connectivity index is 2.61. The van der Waals surface area contributed by atoms with Crippen LogP contribution in [0.5, 0.6) is 0 Å². The lowest BCUT2D eigenvalue weighted by atomic mass is 10.2. The predicted octanol–water partition coefficient (Wildman–Crippen LogP) is 2.53. The number of para-hydroxylation sites is 1. The smallest absolute Gasteiger partial charge is 0.161 e. The van der Waals surface area contributed by atoms with Crippen LogP contribution in [0.3, 0.4) is 0 Å². The topological polar surface area (TPSA) is 30.2 Å². The van der Waals surface area contributed by atoms with Gasteiger partial charge in [0, 0.05) is 0 Å². The summed E-state index contributed by atoms with van der Waals surface area (Å²) in [5.41, 5.74) is 1.96. The number of fused-ring (bicyclic) bond motifs is 3. The molecule has 0 N–H and O–H groups in total. The monoisotopic (exact) mass is 195 g/mol. The molecule has 0 amide bonds. The molecule has 3 aromatic rings. The summed E-state index contributed by atoms with van der Waals surface area (Å²) in [4.78, 5) is 0. The van der Waals surface area contributed by atoms with E-state index in [0.717, 1.165) is 17.0 Å². The summed E-state index contributed by atoms with van der Waals surface area (Å²) in [7, 11) is 0. The van der Waals surface area contributed by atoms with Crippen molar-refractivity contribution in [2.45, 2.75) is 0 Å². The number of benzene rings is 1. The molecule has 0 aliphatic heterocycles. The SMILES string of the molecule is C=Cc1nnc2ccc3ccccc3n12. The number of nitrogens with zero attached hydrogens (tertiary/aromatic N) is 3. The molecule has 3 heteroatoms. The van der Waals surface area contributed by atoms with Crippen molar-refractivity contribution in [2.24, 2.45) is 0 Å². The lowest BCUT2D eigenvalue weighted by Gasteiger charge is -2.01. The van der Waals surface area contributed by atoms with E-state index in [-0.39, 0.29) is 0 Å². The highest BCUT2D eigenvalue weighted by atomic mass is 15.2. The normalized spacial score (nSPS) is 10.9. The van der Waals surface area contributed by atoms with Crippen LogP contribution in [0.1, 0.15) is 5.82 Å². The van der Waals surface area contributed by atoms with Gasteiger partial charge < -0.3 is 0 Å². The molecule has 0 fully saturated rings. The lowest BCUT2D eigenvalue weighted by molar-refractivity contribution is 1.09. The molecule has 15 heavy (non-hydrogen) atoms. The molecule has 3 nitrogen and oxygen atoms in total. The minimum absolute atomic E-state index is 0.779. The first kappa shape index (κ1) is 8.17. The van der Waals surface area contributed by atoms with Crippen LogP contribution in [0.25, 0.3) is 22.6 Å². The van der Waals surface area contributed by atoms with Crippen LogP contribution in [-0.2, 0) is 0 Å². The van der Waals surface area contributed by atoms with Gasteiger partial charge in [-0.1, -0.05) is 24.8 Å². The van der Waals surface area contributed by atoms with Gasteiger partial charge in [0.05, 0.1) is 5.52 Å². The Morgan fingerprint density at radius 1 is 1.07 bits per heavy atom. The van der Waals surface area contributed by atoms with E-state index >= 15 is 0 Å². The molecule has 0 radical (unpaired) electrons. The molecule has 0 saturated carbocycles. The molecule has 0 bridgehead atoms. The second kappa shape index (κ2) is 2.92. The van der Waals surface area contributed by atoms with Crippen LogP contribution in [0.2, 0.25) is 0 Å². The summed E-state index contributed by atoms with van der Waals surface area (Å²) < 4.78 is 2.00. The van der Waals surface area contributed by atoms with E-state index < -0.39 is 0 Å². The van der Waals surface area contributed by atoms with Gasteiger partial charge in [-0.05, 0) is 29.7 Å². The van der Waals surface area contributed by atoms with E-state index in [0.29, 0.717) is 0 Å². The number of rotatable bonds is 1. The Kier molecular flexibility index (Phi) is 1.59. The van der Waals surface area contributed by atoms with Crippen molar-refractivity contribution in [1.82, 2.24) is 14.6 Å². The highest BCUT2D eigenvalue weighted by Gasteiger charge is 2.04. The number of hydrogen-bond acceptors (Lipinski definition) is 2. The summed E-state index contributed by atoms with van der Waals surface area (Å²) in [6, 6.07) is 12.2. The van der Waals surface area contributed by atoms with Crippen LogP contribution in [-0.4, -0.2) is 14.6 Å². The van der Waals surface area contributed by atoms with Crippen molar-refractivity contribution in [1.29, 1.82) is 0 Å². The Morgan fingerprint density at radius 2 is 1.93 bits per heavy atom. The maximum absolute atomic E-state index is 4.08. The average Bonchev–Trinajstić information content (AvgIpc) is 2.72. The van der Waals surface area contributed by atoms with E-state index in [4.69, 9.17) is 0 Å². The third-order valence-corrected chi connectivity index (χ3v) is 2.49. The zero-order chi connectivity index (χ0) is 10.3. The average molecular weight is 195 g/mol. The second-order valence-electron chi connectivity index (χ2n) is 3.35. The molecule has 2 aromatic heterocycles. The zero-order valence-electron chi connectivity index (χ0n) is 8.09. The van der Waals surface area contributed by atoms with E-state index in [2.05, 4.69) is 28.9 Å². The Labute approximate surface area is 86.7 Å². The van der Waals surface area contributed by atoms with Gasteiger partial charge in [0.1, 0.15) is 0 Å². The highest BCUT2D eigenvalue weighted by Crippen LogP contribution is 2.17. The molecular weight excluding hydrogens is 186 g/mol. The van der Waals surface area contributed by atoms with Crippen LogP contribution in [0.4, 0.5) is 0 Å². The molecular formula is C12H9N3. The first-order chi connectivity index (χ1) is 7.40. The van der Waals surface area contributed by atoms with Crippen molar-refractivity contribution >= 4 is 22.6 Å². The van der Waals surface area contributed by atoms with E-state index in [1.165, 1.54) is 5.39 Å². The molecule has 0 spiro atoms.